The van der Waals surface area contributed by atoms with Crippen LogP contribution >= 0.6 is 15.9 Å². The van der Waals surface area contributed by atoms with E-state index in [1.165, 1.54) is 0 Å². The molecule has 1 aromatic heterocycles. The zero-order valence-electron chi connectivity index (χ0n) is 11.4. The number of pyridine rings is 1. The van der Waals surface area contributed by atoms with E-state index in [2.05, 4.69) is 32.3 Å². The van der Waals surface area contributed by atoms with Gasteiger partial charge in [0.05, 0.1) is 22.5 Å². The summed E-state index contributed by atoms with van der Waals surface area (Å²) >= 11 is 3.43. The third-order valence-corrected chi connectivity index (χ3v) is 3.68. The van der Waals surface area contributed by atoms with Gasteiger partial charge < -0.3 is 5.32 Å². The highest BCUT2D eigenvalue weighted by Crippen LogP contribution is 2.28. The normalized spacial score (nSPS) is 10.3. The summed E-state index contributed by atoms with van der Waals surface area (Å²) in [6, 6.07) is 15.9. The molecule has 1 N–H and O–H groups in total. The Bertz CT molecular complexity index is 866. The Morgan fingerprint density at radius 1 is 1.14 bits per heavy atom. The van der Waals surface area contributed by atoms with Crippen LogP contribution in [0.4, 0.5) is 11.4 Å². The number of aromatic nitrogens is 1. The Kier molecular flexibility index (Phi) is 3.59. The zero-order valence-corrected chi connectivity index (χ0v) is 13.0. The average Bonchev–Trinajstić information content (AvgIpc) is 2.47. The molecule has 2 aromatic carbocycles. The molecule has 0 bridgehead atoms. The van der Waals surface area contributed by atoms with E-state index in [1.807, 2.05) is 49.4 Å². The van der Waals surface area contributed by atoms with Gasteiger partial charge in [-0.15, -0.1) is 0 Å². The SMILES string of the molecule is Cc1ccc(C#N)c(Nc2cccc3cc(Br)cnc23)c1. The molecular weight excluding hydrogens is 326 g/mol. The molecule has 0 amide bonds. The van der Waals surface area contributed by atoms with E-state index in [4.69, 9.17) is 0 Å². The fourth-order valence-electron chi connectivity index (χ4n) is 2.24. The molecule has 0 saturated carbocycles. The van der Waals surface area contributed by atoms with Gasteiger partial charge in [0.1, 0.15) is 6.07 Å². The van der Waals surface area contributed by atoms with Crippen LogP contribution < -0.4 is 5.32 Å². The molecule has 21 heavy (non-hydrogen) atoms. The van der Waals surface area contributed by atoms with Crippen LogP contribution in [-0.2, 0) is 0 Å². The number of hydrogen-bond donors (Lipinski definition) is 1. The van der Waals surface area contributed by atoms with Crippen molar-refractivity contribution in [3.8, 4) is 6.07 Å². The van der Waals surface area contributed by atoms with Crippen LogP contribution in [0.3, 0.4) is 0 Å². The number of nitrogens with zero attached hydrogens (tertiary/aromatic N) is 2. The van der Waals surface area contributed by atoms with Gasteiger partial charge in [0.25, 0.3) is 0 Å². The first-order chi connectivity index (χ1) is 10.2. The third-order valence-electron chi connectivity index (χ3n) is 3.24. The lowest BCUT2D eigenvalue weighted by Crippen LogP contribution is -1.96. The standard InChI is InChI=1S/C17H12BrN3/c1-11-5-6-13(9-19)16(7-11)21-15-4-2-3-12-8-14(18)10-20-17(12)15/h2-8,10,21H,1H3. The lowest BCUT2D eigenvalue weighted by atomic mass is 10.1. The topological polar surface area (TPSA) is 48.7 Å². The van der Waals surface area contributed by atoms with Crippen LogP contribution in [0.1, 0.15) is 11.1 Å². The molecule has 0 spiro atoms. The van der Waals surface area contributed by atoms with E-state index in [9.17, 15) is 5.26 Å². The van der Waals surface area contributed by atoms with Gasteiger partial charge in [-0.2, -0.15) is 5.26 Å². The molecule has 102 valence electrons. The number of aryl methyl sites for hydroxylation is 1. The summed E-state index contributed by atoms with van der Waals surface area (Å²) in [5.74, 6) is 0. The first-order valence-electron chi connectivity index (χ1n) is 6.49. The van der Waals surface area contributed by atoms with Crippen molar-refractivity contribution < 1.29 is 0 Å². The minimum atomic E-state index is 0.620. The number of hydrogen-bond acceptors (Lipinski definition) is 3. The summed E-state index contributed by atoms with van der Waals surface area (Å²) in [6.07, 6.45) is 1.77. The molecule has 0 saturated heterocycles. The van der Waals surface area contributed by atoms with Crippen molar-refractivity contribution in [2.75, 3.05) is 5.32 Å². The Morgan fingerprint density at radius 2 is 2.00 bits per heavy atom. The lowest BCUT2D eigenvalue weighted by Gasteiger charge is -2.11. The summed E-state index contributed by atoms with van der Waals surface area (Å²) in [5, 5.41) is 13.6. The highest BCUT2D eigenvalue weighted by Gasteiger charge is 2.07. The summed E-state index contributed by atoms with van der Waals surface area (Å²) in [6.45, 7) is 2.00. The number of anilines is 2. The summed E-state index contributed by atoms with van der Waals surface area (Å²) in [4.78, 5) is 4.46. The van der Waals surface area contributed by atoms with E-state index >= 15 is 0 Å². The van der Waals surface area contributed by atoms with Crippen molar-refractivity contribution in [1.29, 1.82) is 5.26 Å². The van der Waals surface area contributed by atoms with Crippen molar-refractivity contribution in [2.45, 2.75) is 6.92 Å². The molecule has 0 aliphatic heterocycles. The number of fused-ring (bicyclic) bond motifs is 1. The van der Waals surface area contributed by atoms with Crippen molar-refractivity contribution in [1.82, 2.24) is 4.98 Å². The number of benzene rings is 2. The Balaban J connectivity index is 2.11. The minimum absolute atomic E-state index is 0.620. The fourth-order valence-corrected chi connectivity index (χ4v) is 2.59. The molecule has 3 rings (SSSR count). The molecule has 3 nitrogen and oxygen atoms in total. The average molecular weight is 338 g/mol. The second kappa shape index (κ2) is 5.55. The van der Waals surface area contributed by atoms with E-state index in [-0.39, 0.29) is 0 Å². The zero-order chi connectivity index (χ0) is 14.8. The van der Waals surface area contributed by atoms with Gasteiger partial charge in [0, 0.05) is 16.1 Å². The van der Waals surface area contributed by atoms with Crippen LogP contribution in [0.2, 0.25) is 0 Å². The van der Waals surface area contributed by atoms with E-state index in [1.54, 1.807) is 6.20 Å². The van der Waals surface area contributed by atoms with Crippen LogP contribution in [0.15, 0.2) is 53.1 Å². The maximum Gasteiger partial charge on any atom is 0.101 e. The largest absolute Gasteiger partial charge is 0.353 e. The quantitative estimate of drug-likeness (QED) is 0.721. The second-order valence-electron chi connectivity index (χ2n) is 4.82. The lowest BCUT2D eigenvalue weighted by molar-refractivity contribution is 1.37. The van der Waals surface area contributed by atoms with Gasteiger partial charge in [0.15, 0.2) is 0 Å². The van der Waals surface area contributed by atoms with Crippen LogP contribution in [0, 0.1) is 18.3 Å². The Morgan fingerprint density at radius 3 is 2.81 bits per heavy atom. The van der Waals surface area contributed by atoms with E-state index in [0.717, 1.165) is 32.3 Å². The molecule has 0 radical (unpaired) electrons. The molecule has 0 atom stereocenters. The van der Waals surface area contributed by atoms with Crippen LogP contribution in [0.25, 0.3) is 10.9 Å². The number of rotatable bonds is 2. The van der Waals surface area contributed by atoms with Crippen LogP contribution in [-0.4, -0.2) is 4.98 Å². The van der Waals surface area contributed by atoms with Crippen molar-refractivity contribution in [3.05, 3.63) is 64.3 Å². The third kappa shape index (κ3) is 2.74. The maximum absolute atomic E-state index is 9.23. The van der Waals surface area contributed by atoms with E-state index in [0.29, 0.717) is 5.56 Å². The van der Waals surface area contributed by atoms with Gasteiger partial charge in [-0.1, -0.05) is 18.2 Å². The monoisotopic (exact) mass is 337 g/mol. The highest BCUT2D eigenvalue weighted by atomic mass is 79.9. The summed E-state index contributed by atoms with van der Waals surface area (Å²) in [5.41, 5.74) is 4.30. The molecular formula is C17H12BrN3. The number of halogens is 1. The van der Waals surface area contributed by atoms with Gasteiger partial charge >= 0.3 is 0 Å². The van der Waals surface area contributed by atoms with Crippen molar-refractivity contribution in [2.24, 2.45) is 0 Å². The predicted molar refractivity (Wildman–Crippen MR) is 88.6 cm³/mol. The first-order valence-corrected chi connectivity index (χ1v) is 7.29. The molecule has 0 unspecified atom stereocenters. The Hall–Kier alpha value is -2.38. The fraction of sp³-hybridized carbons (Fsp3) is 0.0588. The van der Waals surface area contributed by atoms with Gasteiger partial charge in [-0.25, -0.2) is 0 Å². The molecule has 1 heterocycles. The molecule has 0 aliphatic carbocycles. The highest BCUT2D eigenvalue weighted by molar-refractivity contribution is 9.10. The van der Waals surface area contributed by atoms with Crippen molar-refractivity contribution >= 4 is 38.2 Å². The molecule has 0 fully saturated rings. The molecule has 3 aromatic rings. The molecule has 0 aliphatic rings. The van der Waals surface area contributed by atoms with Gasteiger partial charge in [0.2, 0.25) is 0 Å². The van der Waals surface area contributed by atoms with Gasteiger partial charge in [-0.3, -0.25) is 4.98 Å². The van der Waals surface area contributed by atoms with E-state index < -0.39 is 0 Å². The first kappa shape index (κ1) is 13.6. The minimum Gasteiger partial charge on any atom is -0.353 e. The Labute approximate surface area is 131 Å². The number of nitriles is 1. The van der Waals surface area contributed by atoms with Gasteiger partial charge in [-0.05, 0) is 52.7 Å². The predicted octanol–water partition coefficient (Wildman–Crippen LogP) is 4.92. The maximum atomic E-state index is 9.23. The van der Waals surface area contributed by atoms with Crippen molar-refractivity contribution in [3.63, 3.8) is 0 Å². The smallest absolute Gasteiger partial charge is 0.101 e. The number of para-hydroxylation sites is 1. The van der Waals surface area contributed by atoms with Crippen LogP contribution in [0.5, 0.6) is 0 Å². The summed E-state index contributed by atoms with van der Waals surface area (Å²) < 4.78 is 0.945. The second-order valence-corrected chi connectivity index (χ2v) is 5.73. The molecule has 4 heteroatoms. The summed E-state index contributed by atoms with van der Waals surface area (Å²) in [7, 11) is 0. The number of nitrogens with one attached hydrogen (secondary N) is 1.